The fraction of sp³-hybridized carbons (Fsp3) is 0.333. The highest BCUT2D eigenvalue weighted by molar-refractivity contribution is 7.98. The Morgan fingerprint density at radius 1 is 0.938 bits per heavy atom. The lowest BCUT2D eigenvalue weighted by Gasteiger charge is -2.12. The lowest BCUT2D eigenvalue weighted by molar-refractivity contribution is 0.834. The summed E-state index contributed by atoms with van der Waals surface area (Å²) < 4.78 is 14.2. The summed E-state index contributed by atoms with van der Waals surface area (Å²) in [6, 6.07) is 16.3. The van der Waals surface area contributed by atoms with Crippen molar-refractivity contribution in [3.63, 3.8) is 0 Å². The summed E-state index contributed by atoms with van der Waals surface area (Å²) in [5.41, 5.74) is 4.60. The number of hydrogen-bond acceptors (Lipinski definition) is 3. The van der Waals surface area contributed by atoms with Crippen LogP contribution in [0.2, 0.25) is 0 Å². The molecular weight excluding hydrogens is 417 g/mol. The Balaban J connectivity index is 0.000000279. The van der Waals surface area contributed by atoms with Gasteiger partial charge in [-0.3, -0.25) is 4.98 Å². The van der Waals surface area contributed by atoms with Gasteiger partial charge in [0.1, 0.15) is 0 Å². The van der Waals surface area contributed by atoms with Crippen LogP contribution in [0.3, 0.4) is 0 Å². The minimum Gasteiger partial charge on any atom is -0.256 e. The predicted molar refractivity (Wildman–Crippen MR) is 139 cm³/mol. The molecule has 0 saturated heterocycles. The first-order chi connectivity index (χ1) is 15.7. The van der Waals surface area contributed by atoms with Gasteiger partial charge in [-0.05, 0) is 48.6 Å². The van der Waals surface area contributed by atoms with E-state index in [4.69, 9.17) is 0 Å². The van der Waals surface area contributed by atoms with E-state index in [1.165, 1.54) is 11.1 Å². The second-order valence-corrected chi connectivity index (χ2v) is 7.33. The second-order valence-electron chi connectivity index (χ2n) is 6.74. The van der Waals surface area contributed by atoms with Gasteiger partial charge in [-0.1, -0.05) is 78.0 Å². The van der Waals surface area contributed by atoms with Crippen molar-refractivity contribution >= 4 is 17.8 Å². The fourth-order valence-corrected chi connectivity index (χ4v) is 3.54. The molecule has 3 nitrogen and oxygen atoms in total. The van der Waals surface area contributed by atoms with Gasteiger partial charge in [-0.15, -0.1) is 0 Å². The average Bonchev–Trinajstić information content (AvgIpc) is 3.42. The van der Waals surface area contributed by atoms with Crippen LogP contribution in [0.25, 0.3) is 17.0 Å². The molecule has 0 N–H and O–H groups in total. The highest BCUT2D eigenvalue weighted by Crippen LogP contribution is 2.31. The van der Waals surface area contributed by atoms with E-state index in [2.05, 4.69) is 54.3 Å². The number of hydrogen-bond donors (Lipinski definition) is 0. The van der Waals surface area contributed by atoms with Crippen molar-refractivity contribution in [1.82, 2.24) is 14.8 Å². The maximum absolute atomic E-state index is 12.5. The summed E-state index contributed by atoms with van der Waals surface area (Å²) in [5, 5.41) is 4.08. The molecule has 0 radical (unpaired) electrons. The van der Waals surface area contributed by atoms with E-state index in [0.717, 1.165) is 24.2 Å². The number of allylic oxidation sites excluding steroid dienone is 3. The molecular formula is C27H36FN3S. The molecule has 2 aromatic heterocycles. The smallest absolute Gasteiger partial charge is 0.0831 e. The van der Waals surface area contributed by atoms with Crippen molar-refractivity contribution in [2.24, 2.45) is 0 Å². The molecule has 1 aromatic carbocycles. The SMILES string of the molecule is CC.CC.CC(C)c1ccccc1-c1ccccn1.FSC1=C(n2cccn2)CCC=C1. The van der Waals surface area contributed by atoms with Crippen LogP contribution in [0, 0.1) is 0 Å². The zero-order valence-electron chi connectivity index (χ0n) is 20.1. The zero-order chi connectivity index (χ0) is 23.8. The third kappa shape index (κ3) is 8.12. The number of halogens is 1. The Morgan fingerprint density at radius 3 is 2.25 bits per heavy atom. The predicted octanol–water partition coefficient (Wildman–Crippen LogP) is 8.94. The van der Waals surface area contributed by atoms with Crippen LogP contribution in [-0.2, 0) is 0 Å². The van der Waals surface area contributed by atoms with Gasteiger partial charge in [-0.25, -0.2) is 4.68 Å². The van der Waals surface area contributed by atoms with E-state index < -0.39 is 0 Å². The van der Waals surface area contributed by atoms with Crippen LogP contribution in [0.4, 0.5) is 3.89 Å². The number of rotatable bonds is 4. The van der Waals surface area contributed by atoms with Gasteiger partial charge in [-0.2, -0.15) is 8.98 Å². The van der Waals surface area contributed by atoms with E-state index in [9.17, 15) is 3.89 Å². The molecule has 0 aliphatic heterocycles. The molecule has 172 valence electrons. The van der Waals surface area contributed by atoms with E-state index >= 15 is 0 Å². The second kappa shape index (κ2) is 16.0. The molecule has 0 fully saturated rings. The number of benzene rings is 1. The molecule has 1 aliphatic rings. The number of aromatic nitrogens is 3. The Morgan fingerprint density at radius 2 is 1.66 bits per heavy atom. The van der Waals surface area contributed by atoms with E-state index in [-0.39, 0.29) is 12.1 Å². The van der Waals surface area contributed by atoms with E-state index in [0.29, 0.717) is 10.8 Å². The molecule has 1 aliphatic carbocycles. The molecule has 4 rings (SSSR count). The Kier molecular flexibility index (Phi) is 13.7. The summed E-state index contributed by atoms with van der Waals surface area (Å²) in [4.78, 5) is 5.05. The van der Waals surface area contributed by atoms with Crippen molar-refractivity contribution < 1.29 is 3.89 Å². The summed E-state index contributed by atoms with van der Waals surface area (Å²) >= 11 is 0.284. The molecule has 0 bridgehead atoms. The van der Waals surface area contributed by atoms with Crippen LogP contribution < -0.4 is 0 Å². The number of pyridine rings is 1. The van der Waals surface area contributed by atoms with Gasteiger partial charge in [0.05, 0.1) is 28.4 Å². The lowest BCUT2D eigenvalue weighted by Crippen LogP contribution is -2.01. The summed E-state index contributed by atoms with van der Waals surface area (Å²) in [7, 11) is 0. The minimum atomic E-state index is 0.284. The van der Waals surface area contributed by atoms with Crippen molar-refractivity contribution in [2.75, 3.05) is 0 Å². The first-order valence-electron chi connectivity index (χ1n) is 11.4. The van der Waals surface area contributed by atoms with Crippen molar-refractivity contribution in [2.45, 2.75) is 60.3 Å². The van der Waals surface area contributed by atoms with Crippen LogP contribution in [0.15, 0.2) is 84.2 Å². The summed E-state index contributed by atoms with van der Waals surface area (Å²) in [6.07, 6.45) is 11.0. The third-order valence-electron chi connectivity index (χ3n) is 4.49. The molecule has 32 heavy (non-hydrogen) atoms. The van der Waals surface area contributed by atoms with E-state index in [1.54, 1.807) is 10.9 Å². The van der Waals surface area contributed by atoms with Crippen LogP contribution >= 0.6 is 12.1 Å². The largest absolute Gasteiger partial charge is 0.256 e. The Hall–Kier alpha value is -2.66. The molecule has 0 saturated carbocycles. The minimum absolute atomic E-state index is 0.284. The number of nitrogens with zero attached hydrogens (tertiary/aromatic N) is 3. The van der Waals surface area contributed by atoms with Crippen molar-refractivity contribution in [1.29, 1.82) is 0 Å². The monoisotopic (exact) mass is 453 g/mol. The topological polar surface area (TPSA) is 30.7 Å². The summed E-state index contributed by atoms with van der Waals surface area (Å²) in [6.45, 7) is 12.4. The summed E-state index contributed by atoms with van der Waals surface area (Å²) in [5.74, 6) is 0.531. The molecule has 0 amide bonds. The van der Waals surface area contributed by atoms with Crippen LogP contribution in [-0.4, -0.2) is 14.8 Å². The van der Waals surface area contributed by atoms with Gasteiger partial charge in [0.15, 0.2) is 0 Å². The van der Waals surface area contributed by atoms with E-state index in [1.807, 2.05) is 70.4 Å². The first-order valence-corrected chi connectivity index (χ1v) is 12.1. The lowest BCUT2D eigenvalue weighted by atomic mass is 9.95. The van der Waals surface area contributed by atoms with Crippen molar-refractivity contribution in [3.05, 3.63) is 89.7 Å². The highest BCUT2D eigenvalue weighted by atomic mass is 32.2. The zero-order valence-corrected chi connectivity index (χ0v) is 20.9. The maximum Gasteiger partial charge on any atom is 0.0831 e. The molecule has 5 heteroatoms. The fourth-order valence-electron chi connectivity index (χ4n) is 3.11. The van der Waals surface area contributed by atoms with Gasteiger partial charge >= 0.3 is 0 Å². The molecule has 0 atom stereocenters. The van der Waals surface area contributed by atoms with Crippen LogP contribution in [0.1, 0.15) is 65.9 Å². The van der Waals surface area contributed by atoms with Gasteiger partial charge < -0.3 is 0 Å². The molecule has 0 spiro atoms. The molecule has 3 aromatic rings. The maximum atomic E-state index is 12.5. The molecule has 2 heterocycles. The normalized spacial score (nSPS) is 12.1. The van der Waals surface area contributed by atoms with Crippen LogP contribution in [0.5, 0.6) is 0 Å². The highest BCUT2D eigenvalue weighted by Gasteiger charge is 2.11. The van der Waals surface area contributed by atoms with Gasteiger partial charge in [0.2, 0.25) is 0 Å². The Labute approximate surface area is 197 Å². The third-order valence-corrected chi connectivity index (χ3v) is 5.03. The van der Waals surface area contributed by atoms with Crippen molar-refractivity contribution in [3.8, 4) is 11.3 Å². The first kappa shape index (κ1) is 27.4. The van der Waals surface area contributed by atoms with Gasteiger partial charge in [0.25, 0.3) is 0 Å². The average molecular weight is 454 g/mol. The van der Waals surface area contributed by atoms with Gasteiger partial charge in [0, 0.05) is 24.2 Å². The standard InChI is InChI=1S/C14H15N.C9H9FN2S.2C2H6/c1-11(2)12-7-3-4-8-13(12)14-9-5-6-10-15-14;10-13-9-5-2-1-4-8(9)12-7-3-6-11-12;2*1-2/h3-11H,1-2H3;2-3,5-7H,1,4H2;2*1-2H3. The molecule has 0 unspecified atom stereocenters. The quantitative estimate of drug-likeness (QED) is 0.395. The Bertz CT molecular complexity index is 933.